The zero-order chi connectivity index (χ0) is 17.8. The van der Waals surface area contributed by atoms with Gasteiger partial charge in [0.05, 0.1) is 11.9 Å². The Bertz CT molecular complexity index is 995. The van der Waals surface area contributed by atoms with E-state index in [0.717, 1.165) is 4.68 Å². The van der Waals surface area contributed by atoms with Crippen molar-refractivity contribution >= 4 is 28.4 Å². The highest BCUT2D eigenvalue weighted by atomic mass is 16.2. The van der Waals surface area contributed by atoms with Gasteiger partial charge in [-0.15, -0.1) is 5.10 Å². The topological polar surface area (TPSA) is 120 Å². The van der Waals surface area contributed by atoms with Crippen molar-refractivity contribution in [3.8, 4) is 0 Å². The van der Waals surface area contributed by atoms with Gasteiger partial charge < -0.3 is 11.1 Å². The van der Waals surface area contributed by atoms with Crippen LogP contribution in [-0.2, 0) is 11.3 Å². The second-order valence-electron chi connectivity index (χ2n) is 5.37. The van der Waals surface area contributed by atoms with Gasteiger partial charge in [0.2, 0.25) is 11.8 Å². The fourth-order valence-corrected chi connectivity index (χ4v) is 2.32. The van der Waals surface area contributed by atoms with Gasteiger partial charge in [-0.3, -0.25) is 14.4 Å². The summed E-state index contributed by atoms with van der Waals surface area (Å²) in [6, 6.07) is 13.1. The third-order valence-electron chi connectivity index (χ3n) is 3.63. The molecule has 2 aromatic carbocycles. The molecule has 0 bridgehead atoms. The molecule has 0 aliphatic rings. The largest absolute Gasteiger partial charge is 0.366 e. The molecule has 0 unspecified atom stereocenters. The summed E-state index contributed by atoms with van der Waals surface area (Å²) in [6.07, 6.45) is 0.0600. The smallest absolute Gasteiger partial charge is 0.277 e. The van der Waals surface area contributed by atoms with E-state index >= 15 is 0 Å². The molecule has 0 saturated carbocycles. The molecule has 0 atom stereocenters. The second kappa shape index (κ2) is 6.91. The van der Waals surface area contributed by atoms with Gasteiger partial charge in [-0.1, -0.05) is 17.3 Å². The number of nitrogens with one attached hydrogen (secondary N) is 1. The number of nitrogens with zero attached hydrogens (tertiary/aromatic N) is 3. The molecule has 1 aromatic heterocycles. The van der Waals surface area contributed by atoms with Crippen molar-refractivity contribution in [2.75, 3.05) is 5.32 Å². The predicted molar refractivity (Wildman–Crippen MR) is 92.0 cm³/mol. The summed E-state index contributed by atoms with van der Waals surface area (Å²) in [5.74, 6) is -0.819. The Kier molecular flexibility index (Phi) is 4.51. The van der Waals surface area contributed by atoms with E-state index in [0.29, 0.717) is 22.2 Å². The predicted octanol–water partition coefficient (Wildman–Crippen LogP) is 0.919. The zero-order valence-corrected chi connectivity index (χ0v) is 13.2. The number of aryl methyl sites for hydroxylation is 1. The van der Waals surface area contributed by atoms with Gasteiger partial charge in [0.25, 0.3) is 5.56 Å². The van der Waals surface area contributed by atoms with Gasteiger partial charge in [-0.2, -0.15) is 0 Å². The number of primary amides is 1. The van der Waals surface area contributed by atoms with Gasteiger partial charge in [0.1, 0.15) is 5.52 Å². The second-order valence-corrected chi connectivity index (χ2v) is 5.37. The first-order chi connectivity index (χ1) is 12.0. The molecule has 0 radical (unpaired) electrons. The maximum absolute atomic E-state index is 12.3. The van der Waals surface area contributed by atoms with Crippen LogP contribution in [0.25, 0.3) is 10.9 Å². The third-order valence-corrected chi connectivity index (χ3v) is 3.63. The normalized spacial score (nSPS) is 10.6. The van der Waals surface area contributed by atoms with E-state index in [1.807, 2.05) is 0 Å². The molecular formula is C17H15N5O3. The lowest BCUT2D eigenvalue weighted by Crippen LogP contribution is -2.26. The minimum Gasteiger partial charge on any atom is -0.366 e. The van der Waals surface area contributed by atoms with Crippen LogP contribution in [-0.4, -0.2) is 26.8 Å². The van der Waals surface area contributed by atoms with Gasteiger partial charge in [-0.05, 0) is 36.4 Å². The van der Waals surface area contributed by atoms with E-state index in [4.69, 9.17) is 5.73 Å². The van der Waals surface area contributed by atoms with Gasteiger partial charge in [0, 0.05) is 17.7 Å². The number of hydrogen-bond donors (Lipinski definition) is 2. The van der Waals surface area contributed by atoms with Crippen molar-refractivity contribution in [2.24, 2.45) is 5.73 Å². The molecule has 8 nitrogen and oxygen atoms in total. The van der Waals surface area contributed by atoms with Gasteiger partial charge in [0.15, 0.2) is 0 Å². The Morgan fingerprint density at radius 3 is 2.52 bits per heavy atom. The Balaban J connectivity index is 1.65. The molecule has 3 rings (SSSR count). The van der Waals surface area contributed by atoms with Crippen molar-refractivity contribution in [1.82, 2.24) is 15.0 Å². The van der Waals surface area contributed by atoms with E-state index in [1.165, 1.54) is 12.1 Å². The summed E-state index contributed by atoms with van der Waals surface area (Å²) >= 11 is 0. The molecule has 25 heavy (non-hydrogen) atoms. The Hall–Kier alpha value is -3.55. The number of carbonyl (C=O) groups is 2. The minimum atomic E-state index is -0.535. The number of aromatic nitrogens is 3. The summed E-state index contributed by atoms with van der Waals surface area (Å²) in [4.78, 5) is 35.3. The van der Waals surface area contributed by atoms with Crippen LogP contribution < -0.4 is 16.6 Å². The molecule has 0 fully saturated rings. The number of carbonyl (C=O) groups excluding carboxylic acids is 2. The molecule has 8 heteroatoms. The van der Waals surface area contributed by atoms with Crippen LogP contribution in [0.15, 0.2) is 53.3 Å². The van der Waals surface area contributed by atoms with E-state index in [2.05, 4.69) is 15.6 Å². The lowest BCUT2D eigenvalue weighted by Gasteiger charge is -2.07. The Morgan fingerprint density at radius 2 is 1.80 bits per heavy atom. The standard InChI is InChI=1S/C17H15N5O3/c18-16(24)11-5-7-12(8-6-11)19-15(23)9-10-22-17(25)13-3-1-2-4-14(13)20-21-22/h1-8H,9-10H2,(H2,18,24)(H,19,23). The molecule has 2 amide bonds. The summed E-state index contributed by atoms with van der Waals surface area (Å²) in [5, 5.41) is 10.9. The van der Waals surface area contributed by atoms with Crippen molar-refractivity contribution < 1.29 is 9.59 Å². The first-order valence-corrected chi connectivity index (χ1v) is 7.57. The zero-order valence-electron chi connectivity index (χ0n) is 13.2. The molecule has 3 aromatic rings. The number of anilines is 1. The maximum atomic E-state index is 12.3. The molecule has 0 aliphatic heterocycles. The van der Waals surface area contributed by atoms with Crippen LogP contribution >= 0.6 is 0 Å². The monoisotopic (exact) mass is 337 g/mol. The summed E-state index contributed by atoms with van der Waals surface area (Å²) in [6.45, 7) is 0.113. The van der Waals surface area contributed by atoms with Crippen LogP contribution in [0.3, 0.4) is 0 Å². The highest BCUT2D eigenvalue weighted by molar-refractivity contribution is 5.94. The maximum Gasteiger partial charge on any atom is 0.277 e. The first kappa shape index (κ1) is 16.3. The number of hydrogen-bond acceptors (Lipinski definition) is 5. The van der Waals surface area contributed by atoms with Gasteiger partial charge >= 0.3 is 0 Å². The number of rotatable bonds is 5. The molecule has 0 spiro atoms. The van der Waals surface area contributed by atoms with E-state index in [1.54, 1.807) is 36.4 Å². The number of amides is 2. The highest BCUT2D eigenvalue weighted by Crippen LogP contribution is 2.09. The molecule has 0 saturated heterocycles. The quantitative estimate of drug-likeness (QED) is 0.717. The van der Waals surface area contributed by atoms with Gasteiger partial charge in [-0.25, -0.2) is 4.68 Å². The van der Waals surface area contributed by atoms with Crippen LogP contribution in [0.4, 0.5) is 5.69 Å². The van der Waals surface area contributed by atoms with Crippen molar-refractivity contribution in [2.45, 2.75) is 13.0 Å². The lowest BCUT2D eigenvalue weighted by molar-refractivity contribution is -0.116. The molecule has 3 N–H and O–H groups in total. The van der Waals surface area contributed by atoms with Crippen LogP contribution in [0.2, 0.25) is 0 Å². The average molecular weight is 337 g/mol. The third kappa shape index (κ3) is 3.69. The number of fused-ring (bicyclic) bond motifs is 1. The number of nitrogens with two attached hydrogens (primary N) is 1. The molecule has 1 heterocycles. The van der Waals surface area contributed by atoms with Crippen molar-refractivity contribution in [1.29, 1.82) is 0 Å². The fourth-order valence-electron chi connectivity index (χ4n) is 2.32. The van der Waals surface area contributed by atoms with E-state index in [-0.39, 0.29) is 24.4 Å². The Morgan fingerprint density at radius 1 is 1.08 bits per heavy atom. The Labute approximate surface area is 142 Å². The molecule has 0 aliphatic carbocycles. The molecular weight excluding hydrogens is 322 g/mol. The summed E-state index contributed by atoms with van der Waals surface area (Å²) < 4.78 is 1.16. The fraction of sp³-hybridized carbons (Fsp3) is 0.118. The van der Waals surface area contributed by atoms with Crippen molar-refractivity contribution in [3.63, 3.8) is 0 Å². The summed E-state index contributed by atoms with van der Waals surface area (Å²) in [7, 11) is 0. The molecule has 126 valence electrons. The SMILES string of the molecule is NC(=O)c1ccc(NC(=O)CCn2nnc3ccccc3c2=O)cc1. The average Bonchev–Trinajstić information content (AvgIpc) is 2.62. The summed E-state index contributed by atoms with van der Waals surface area (Å²) in [5.41, 5.74) is 6.28. The van der Waals surface area contributed by atoms with Crippen LogP contribution in [0, 0.1) is 0 Å². The highest BCUT2D eigenvalue weighted by Gasteiger charge is 2.08. The van der Waals surface area contributed by atoms with Crippen molar-refractivity contribution in [3.05, 3.63) is 64.4 Å². The number of benzene rings is 2. The first-order valence-electron chi connectivity index (χ1n) is 7.57. The lowest BCUT2D eigenvalue weighted by atomic mass is 10.2. The van der Waals surface area contributed by atoms with E-state index < -0.39 is 5.91 Å². The van der Waals surface area contributed by atoms with Crippen LogP contribution in [0.1, 0.15) is 16.8 Å². The van der Waals surface area contributed by atoms with Crippen LogP contribution in [0.5, 0.6) is 0 Å². The minimum absolute atomic E-state index is 0.0600. The van der Waals surface area contributed by atoms with E-state index in [9.17, 15) is 14.4 Å².